The number of quaternary nitrogens is 1. The first-order valence-electron chi connectivity index (χ1n) is 10.1. The van der Waals surface area contributed by atoms with E-state index in [1.54, 1.807) is 24.3 Å². The number of nitrogens with two attached hydrogens (primary N) is 1. The summed E-state index contributed by atoms with van der Waals surface area (Å²) in [6.45, 7) is 0.486. The van der Waals surface area contributed by atoms with Crippen LogP contribution in [-0.2, 0) is 27.2 Å². The zero-order valence-electron chi connectivity index (χ0n) is 17.3. The molecule has 2 aromatic rings. The number of ketones is 1. The second-order valence-electron chi connectivity index (χ2n) is 7.85. The molecule has 1 heterocycles. The molecule has 0 saturated heterocycles. The maximum atomic E-state index is 14.2. The molecule has 164 valence electrons. The Hall–Kier alpha value is -2.52. The molecule has 1 aliphatic rings. The van der Waals surface area contributed by atoms with Gasteiger partial charge in [0.2, 0.25) is 11.4 Å². The number of Topliss-reactive ketones (excluding diaryl/α,β-unsaturated/α-hetero) is 1. The van der Waals surface area contributed by atoms with Gasteiger partial charge in [-0.05, 0) is 30.9 Å². The van der Waals surface area contributed by atoms with Gasteiger partial charge in [-0.25, -0.2) is 4.79 Å². The van der Waals surface area contributed by atoms with Crippen LogP contribution in [0, 0.1) is 5.21 Å². The summed E-state index contributed by atoms with van der Waals surface area (Å²) >= 11 is 0.838. The zero-order chi connectivity index (χ0) is 22.6. The van der Waals surface area contributed by atoms with Crippen molar-refractivity contribution in [3.8, 4) is 0 Å². The summed E-state index contributed by atoms with van der Waals surface area (Å²) in [7, 11) is 0. The van der Waals surface area contributed by atoms with Crippen molar-refractivity contribution in [2.45, 2.75) is 43.5 Å². The van der Waals surface area contributed by atoms with E-state index in [2.05, 4.69) is 0 Å². The third-order valence-corrected chi connectivity index (χ3v) is 6.68. The molecule has 3 unspecified atom stereocenters. The molecular weight excluding hydrogens is 416 g/mol. The van der Waals surface area contributed by atoms with Gasteiger partial charge in [0, 0.05) is 18.9 Å². The lowest BCUT2D eigenvalue weighted by atomic mass is 9.92. The Morgan fingerprint density at radius 1 is 1.16 bits per heavy atom. The van der Waals surface area contributed by atoms with Crippen molar-refractivity contribution in [1.29, 1.82) is 0 Å². The zero-order valence-corrected chi connectivity index (χ0v) is 18.1. The number of benzene rings is 2. The molecule has 0 fully saturated rings. The number of para-hydroxylation sites is 1. The summed E-state index contributed by atoms with van der Waals surface area (Å²) in [5.74, 6) is -1.93. The molecular formula is C23H26N2O5S. The molecule has 0 bridgehead atoms. The Bertz CT molecular complexity index is 983. The fraction of sp³-hybridized carbons (Fsp3) is 0.348. The van der Waals surface area contributed by atoms with Crippen LogP contribution in [0.25, 0.3) is 0 Å². The minimum atomic E-state index is -2.02. The predicted molar refractivity (Wildman–Crippen MR) is 121 cm³/mol. The van der Waals surface area contributed by atoms with Crippen LogP contribution in [0.15, 0.2) is 54.6 Å². The van der Waals surface area contributed by atoms with Crippen LogP contribution in [0.2, 0.25) is 0 Å². The first-order chi connectivity index (χ1) is 14.7. The SMILES string of the molecule is CC(=O)SC(Cc1ccccc1)C(=O)C1(N)CCCc2ccccc2[N+]1([O-])CC(=O)O. The number of nitrogens with zero attached hydrogens (tertiary/aromatic N) is 1. The van der Waals surface area contributed by atoms with E-state index in [1.807, 2.05) is 30.3 Å². The van der Waals surface area contributed by atoms with Crippen molar-refractivity contribution in [2.24, 2.45) is 5.73 Å². The van der Waals surface area contributed by atoms with E-state index in [1.165, 1.54) is 6.92 Å². The normalized spacial score (nSPS) is 24.0. The number of fused-ring (bicyclic) bond motifs is 1. The summed E-state index contributed by atoms with van der Waals surface area (Å²) in [4.78, 5) is 37.4. The quantitative estimate of drug-likeness (QED) is 0.499. The smallest absolute Gasteiger partial charge is 0.360 e. The minimum Gasteiger partial charge on any atom is -0.625 e. The second-order valence-corrected chi connectivity index (χ2v) is 9.23. The lowest BCUT2D eigenvalue weighted by Gasteiger charge is -2.52. The average molecular weight is 443 g/mol. The first-order valence-corrected chi connectivity index (χ1v) is 11.0. The molecule has 0 saturated carbocycles. The molecule has 3 atom stereocenters. The van der Waals surface area contributed by atoms with Gasteiger partial charge in [0.1, 0.15) is 5.69 Å². The number of rotatable bonds is 7. The van der Waals surface area contributed by atoms with E-state index in [4.69, 9.17) is 5.73 Å². The lowest BCUT2D eigenvalue weighted by Crippen LogP contribution is -2.74. The molecule has 7 nitrogen and oxygen atoms in total. The van der Waals surface area contributed by atoms with Crippen LogP contribution in [0.5, 0.6) is 0 Å². The van der Waals surface area contributed by atoms with Gasteiger partial charge in [-0.2, -0.15) is 0 Å². The van der Waals surface area contributed by atoms with Crippen LogP contribution in [0.3, 0.4) is 0 Å². The highest BCUT2D eigenvalue weighted by atomic mass is 32.2. The minimum absolute atomic E-state index is 0.0288. The monoisotopic (exact) mass is 442 g/mol. The molecule has 0 amide bonds. The Kier molecular flexibility index (Phi) is 6.96. The van der Waals surface area contributed by atoms with Crippen molar-refractivity contribution in [3.63, 3.8) is 0 Å². The number of aliphatic carboxylic acids is 1. The number of hydrogen-bond donors (Lipinski definition) is 2. The van der Waals surface area contributed by atoms with Gasteiger partial charge < -0.3 is 10.3 Å². The molecule has 0 spiro atoms. The highest BCUT2D eigenvalue weighted by Crippen LogP contribution is 2.41. The number of hydrogen-bond acceptors (Lipinski definition) is 6. The molecule has 2 aromatic carbocycles. The standard InChI is InChI=1S/C23H26N2O5S/c1-16(26)31-20(14-17-8-3-2-4-9-17)22(29)23(24)13-7-11-18-10-5-6-12-19(18)25(23,30)15-21(27)28/h2-6,8-10,12,20H,7,11,13-15,24H2,1H3,(H,27,28). The van der Waals surface area contributed by atoms with Crippen LogP contribution in [-0.4, -0.2) is 39.4 Å². The fourth-order valence-corrected chi connectivity index (χ4v) is 5.22. The van der Waals surface area contributed by atoms with Gasteiger partial charge in [0.05, 0.1) is 5.25 Å². The van der Waals surface area contributed by atoms with Crippen LogP contribution >= 0.6 is 11.8 Å². The summed E-state index contributed by atoms with van der Waals surface area (Å²) in [6.07, 6.45) is 1.23. The Labute approximate surface area is 185 Å². The summed E-state index contributed by atoms with van der Waals surface area (Å²) in [5.41, 5.74) is 6.29. The fourth-order valence-electron chi connectivity index (χ4n) is 4.23. The number of hydroxylamine groups is 2. The number of carboxylic acid groups (broad SMARTS) is 1. The maximum absolute atomic E-state index is 14.2. The van der Waals surface area contributed by atoms with E-state index < -0.39 is 33.9 Å². The van der Waals surface area contributed by atoms with E-state index >= 15 is 0 Å². The molecule has 0 aliphatic carbocycles. The largest absolute Gasteiger partial charge is 0.625 e. The van der Waals surface area contributed by atoms with E-state index in [9.17, 15) is 24.7 Å². The van der Waals surface area contributed by atoms with Crippen LogP contribution < -0.4 is 10.4 Å². The third kappa shape index (κ3) is 4.72. The molecule has 1 aliphatic heterocycles. The van der Waals surface area contributed by atoms with E-state index in [0.717, 1.165) is 17.3 Å². The summed E-state index contributed by atoms with van der Waals surface area (Å²) in [5, 5.41) is 22.6. The Morgan fingerprint density at radius 3 is 2.45 bits per heavy atom. The van der Waals surface area contributed by atoms with Gasteiger partial charge in [-0.3, -0.25) is 20.0 Å². The second kappa shape index (κ2) is 9.32. The number of carbonyl (C=O) groups excluding carboxylic acids is 2. The molecule has 0 aromatic heterocycles. The summed E-state index contributed by atoms with van der Waals surface area (Å²) in [6, 6.07) is 15.9. The number of thioether (sulfide) groups is 1. The maximum Gasteiger partial charge on any atom is 0.360 e. The highest BCUT2D eigenvalue weighted by molar-refractivity contribution is 8.14. The molecule has 3 N–H and O–H groups in total. The predicted octanol–water partition coefficient (Wildman–Crippen LogP) is 3.03. The molecule has 3 rings (SSSR count). The highest BCUT2D eigenvalue weighted by Gasteiger charge is 2.54. The molecule has 8 heteroatoms. The van der Waals surface area contributed by atoms with E-state index in [-0.39, 0.29) is 23.6 Å². The molecule has 0 radical (unpaired) electrons. The van der Waals surface area contributed by atoms with Crippen molar-refractivity contribution in [1.82, 2.24) is 4.65 Å². The van der Waals surface area contributed by atoms with Gasteiger partial charge in [-0.15, -0.1) is 0 Å². The topological polar surface area (TPSA) is 121 Å². The first kappa shape index (κ1) is 23.1. The van der Waals surface area contributed by atoms with Gasteiger partial charge in [0.15, 0.2) is 11.7 Å². The number of carboxylic acids is 1. The molecule has 31 heavy (non-hydrogen) atoms. The van der Waals surface area contributed by atoms with Crippen molar-refractivity contribution >= 4 is 34.3 Å². The van der Waals surface area contributed by atoms with Crippen LogP contribution in [0.1, 0.15) is 30.9 Å². The van der Waals surface area contributed by atoms with Crippen molar-refractivity contribution in [3.05, 3.63) is 70.9 Å². The van der Waals surface area contributed by atoms with Crippen molar-refractivity contribution < 1.29 is 19.5 Å². The Balaban J connectivity index is 2.09. The third-order valence-electron chi connectivity index (χ3n) is 5.68. The van der Waals surface area contributed by atoms with Gasteiger partial charge in [-0.1, -0.05) is 60.3 Å². The lowest BCUT2D eigenvalue weighted by molar-refractivity contribution is -0.140. The Morgan fingerprint density at radius 2 is 1.81 bits per heavy atom. The van der Waals surface area contributed by atoms with Crippen LogP contribution in [0.4, 0.5) is 5.69 Å². The van der Waals surface area contributed by atoms with Gasteiger partial charge >= 0.3 is 5.97 Å². The summed E-state index contributed by atoms with van der Waals surface area (Å²) < 4.78 is -1.47. The van der Waals surface area contributed by atoms with E-state index in [0.29, 0.717) is 18.4 Å². The number of aryl methyl sites for hydroxylation is 1. The number of carbonyl (C=O) groups is 3. The van der Waals surface area contributed by atoms with Crippen molar-refractivity contribution in [2.75, 3.05) is 6.54 Å². The van der Waals surface area contributed by atoms with Gasteiger partial charge in [0.25, 0.3) is 0 Å². The average Bonchev–Trinajstić information content (AvgIpc) is 2.82.